The number of hydrogen-bond donors (Lipinski definition) is 1. The van der Waals surface area contributed by atoms with Gasteiger partial charge in [0.1, 0.15) is 11.4 Å². The second-order valence-corrected chi connectivity index (χ2v) is 8.55. The van der Waals surface area contributed by atoms with Crippen LogP contribution in [0, 0.1) is 6.92 Å². The first-order chi connectivity index (χ1) is 11.5. The maximum Gasteiger partial charge on any atom is 0.410 e. The van der Waals surface area contributed by atoms with E-state index in [1.165, 1.54) is 0 Å². The highest BCUT2D eigenvalue weighted by atomic mass is 16.6. The van der Waals surface area contributed by atoms with Crippen LogP contribution in [-0.4, -0.2) is 46.2 Å². The molecule has 0 aromatic carbocycles. The van der Waals surface area contributed by atoms with Gasteiger partial charge in [0.05, 0.1) is 5.69 Å². The average molecular weight is 348 g/mol. The zero-order valence-electron chi connectivity index (χ0n) is 16.4. The lowest BCUT2D eigenvalue weighted by Gasteiger charge is -2.35. The summed E-state index contributed by atoms with van der Waals surface area (Å²) in [5, 5.41) is 0. The molecule has 0 saturated carbocycles. The Bertz CT molecular complexity index is 614. The van der Waals surface area contributed by atoms with E-state index in [9.17, 15) is 4.79 Å². The second-order valence-electron chi connectivity index (χ2n) is 8.55. The Labute approximate surface area is 151 Å². The van der Waals surface area contributed by atoms with Gasteiger partial charge in [-0.1, -0.05) is 13.8 Å². The van der Waals surface area contributed by atoms with Gasteiger partial charge in [0.15, 0.2) is 0 Å². The zero-order chi connectivity index (χ0) is 18.8. The van der Waals surface area contributed by atoms with Crippen molar-refractivity contribution in [3.63, 3.8) is 0 Å². The highest BCUT2D eigenvalue weighted by molar-refractivity contribution is 5.68. The van der Waals surface area contributed by atoms with Gasteiger partial charge >= 0.3 is 6.09 Å². The van der Waals surface area contributed by atoms with Crippen LogP contribution in [0.2, 0.25) is 0 Å². The van der Waals surface area contributed by atoms with Gasteiger partial charge in [-0.05, 0) is 46.1 Å². The SMILES string of the molecule is Cc1ncc(C(C)(C)CN)c(C2CCN(C(=O)OC(C)(C)C)CC2)n1. The van der Waals surface area contributed by atoms with Crippen molar-refractivity contribution in [3.8, 4) is 0 Å². The topological polar surface area (TPSA) is 81.3 Å². The Morgan fingerprint density at radius 3 is 2.40 bits per heavy atom. The molecule has 1 aromatic heterocycles. The van der Waals surface area contributed by atoms with Crippen LogP contribution in [0.1, 0.15) is 70.5 Å². The molecule has 1 amide bonds. The second kappa shape index (κ2) is 7.28. The fourth-order valence-electron chi connectivity index (χ4n) is 3.09. The maximum atomic E-state index is 12.2. The molecule has 1 fully saturated rings. The molecule has 0 bridgehead atoms. The smallest absolute Gasteiger partial charge is 0.410 e. The van der Waals surface area contributed by atoms with Crippen LogP contribution in [0.25, 0.3) is 0 Å². The summed E-state index contributed by atoms with van der Waals surface area (Å²) in [5.41, 5.74) is 7.56. The normalized spacial score (nSPS) is 16.8. The summed E-state index contributed by atoms with van der Waals surface area (Å²) in [7, 11) is 0. The van der Waals surface area contributed by atoms with Gasteiger partial charge in [-0.2, -0.15) is 0 Å². The summed E-state index contributed by atoms with van der Waals surface area (Å²) < 4.78 is 5.48. The molecular weight excluding hydrogens is 316 g/mol. The number of rotatable bonds is 3. The van der Waals surface area contributed by atoms with E-state index in [-0.39, 0.29) is 11.5 Å². The number of carbonyl (C=O) groups is 1. The van der Waals surface area contributed by atoms with Crippen molar-refractivity contribution >= 4 is 6.09 Å². The number of nitrogens with zero attached hydrogens (tertiary/aromatic N) is 3. The number of piperidine rings is 1. The molecule has 6 nitrogen and oxygen atoms in total. The van der Waals surface area contributed by atoms with Gasteiger partial charge in [0.25, 0.3) is 0 Å². The van der Waals surface area contributed by atoms with Crippen molar-refractivity contribution in [2.75, 3.05) is 19.6 Å². The third-order valence-electron chi connectivity index (χ3n) is 4.71. The third kappa shape index (κ3) is 4.91. The first kappa shape index (κ1) is 19.6. The van der Waals surface area contributed by atoms with Crippen molar-refractivity contribution in [1.82, 2.24) is 14.9 Å². The van der Waals surface area contributed by atoms with Crippen LogP contribution < -0.4 is 5.73 Å². The first-order valence-electron chi connectivity index (χ1n) is 9.05. The zero-order valence-corrected chi connectivity index (χ0v) is 16.4. The Hall–Kier alpha value is -1.69. The van der Waals surface area contributed by atoms with E-state index in [1.54, 1.807) is 4.90 Å². The number of aryl methyl sites for hydroxylation is 1. The van der Waals surface area contributed by atoms with E-state index in [0.29, 0.717) is 25.6 Å². The van der Waals surface area contributed by atoms with Crippen molar-refractivity contribution in [1.29, 1.82) is 0 Å². The lowest BCUT2D eigenvalue weighted by Crippen LogP contribution is -2.42. The molecule has 25 heavy (non-hydrogen) atoms. The summed E-state index contributed by atoms with van der Waals surface area (Å²) in [4.78, 5) is 23.2. The number of hydrogen-bond acceptors (Lipinski definition) is 5. The molecule has 0 unspecified atom stereocenters. The van der Waals surface area contributed by atoms with Crippen LogP contribution >= 0.6 is 0 Å². The highest BCUT2D eigenvalue weighted by Gasteiger charge is 2.32. The van der Waals surface area contributed by atoms with Crippen molar-refractivity contribution in [2.45, 2.75) is 71.3 Å². The molecule has 0 radical (unpaired) electrons. The molecule has 1 aliphatic heterocycles. The van der Waals surface area contributed by atoms with E-state index in [4.69, 9.17) is 15.5 Å². The van der Waals surface area contributed by atoms with E-state index in [1.807, 2.05) is 33.9 Å². The molecule has 6 heteroatoms. The molecule has 2 heterocycles. The largest absolute Gasteiger partial charge is 0.444 e. The van der Waals surface area contributed by atoms with Gasteiger partial charge in [-0.3, -0.25) is 0 Å². The molecule has 0 atom stereocenters. The minimum absolute atomic E-state index is 0.161. The van der Waals surface area contributed by atoms with Crippen LogP contribution in [0.4, 0.5) is 4.79 Å². The summed E-state index contributed by atoms with van der Waals surface area (Å²) in [5.74, 6) is 1.10. The molecule has 0 spiro atoms. The molecule has 1 aromatic rings. The van der Waals surface area contributed by atoms with Crippen LogP contribution in [0.3, 0.4) is 0 Å². The minimum atomic E-state index is -0.462. The Kier molecular flexibility index (Phi) is 5.72. The summed E-state index contributed by atoms with van der Waals surface area (Å²) >= 11 is 0. The van der Waals surface area contributed by atoms with E-state index < -0.39 is 5.60 Å². The highest BCUT2D eigenvalue weighted by Crippen LogP contribution is 2.34. The number of amides is 1. The predicted octanol–water partition coefficient (Wildman–Crippen LogP) is 3.14. The fourth-order valence-corrected chi connectivity index (χ4v) is 3.09. The fraction of sp³-hybridized carbons (Fsp3) is 0.737. The van der Waals surface area contributed by atoms with Gasteiger partial charge in [-0.25, -0.2) is 14.8 Å². The Balaban J connectivity index is 2.13. The third-order valence-corrected chi connectivity index (χ3v) is 4.71. The summed E-state index contributed by atoms with van der Waals surface area (Å²) in [6.07, 6.45) is 3.45. The van der Waals surface area contributed by atoms with E-state index in [2.05, 4.69) is 18.8 Å². The van der Waals surface area contributed by atoms with Crippen LogP contribution in [0.5, 0.6) is 0 Å². The molecular formula is C19H32N4O2. The molecule has 2 N–H and O–H groups in total. The number of ether oxygens (including phenoxy) is 1. The lowest BCUT2D eigenvalue weighted by molar-refractivity contribution is 0.0203. The van der Waals surface area contributed by atoms with Crippen molar-refractivity contribution in [3.05, 3.63) is 23.3 Å². The molecule has 1 saturated heterocycles. The Morgan fingerprint density at radius 2 is 1.88 bits per heavy atom. The van der Waals surface area contributed by atoms with Crippen molar-refractivity contribution in [2.24, 2.45) is 5.73 Å². The van der Waals surface area contributed by atoms with E-state index >= 15 is 0 Å². The standard InChI is InChI=1S/C19H32N4O2/c1-13-21-11-15(19(5,6)12-20)16(22-13)14-7-9-23(10-8-14)17(24)25-18(2,3)4/h11,14H,7-10,12,20H2,1-6H3. The number of carbonyl (C=O) groups excluding carboxylic acids is 1. The van der Waals surface area contributed by atoms with Crippen molar-refractivity contribution < 1.29 is 9.53 Å². The van der Waals surface area contributed by atoms with Gasteiger partial charge in [0, 0.05) is 37.2 Å². The minimum Gasteiger partial charge on any atom is -0.444 e. The summed E-state index contributed by atoms with van der Waals surface area (Å²) in [6, 6.07) is 0. The van der Waals surface area contributed by atoms with Gasteiger partial charge in [-0.15, -0.1) is 0 Å². The number of nitrogens with two attached hydrogens (primary N) is 1. The number of aromatic nitrogens is 2. The van der Waals surface area contributed by atoms with E-state index in [0.717, 1.165) is 29.9 Å². The van der Waals surface area contributed by atoms with Crippen LogP contribution in [-0.2, 0) is 10.2 Å². The number of likely N-dealkylation sites (tertiary alicyclic amines) is 1. The van der Waals surface area contributed by atoms with Gasteiger partial charge in [0.2, 0.25) is 0 Å². The summed E-state index contributed by atoms with van der Waals surface area (Å²) in [6.45, 7) is 13.8. The molecule has 0 aliphatic carbocycles. The molecule has 140 valence electrons. The molecule has 1 aliphatic rings. The monoisotopic (exact) mass is 348 g/mol. The lowest BCUT2D eigenvalue weighted by atomic mass is 9.79. The average Bonchev–Trinajstić information content (AvgIpc) is 2.53. The first-order valence-corrected chi connectivity index (χ1v) is 9.05. The predicted molar refractivity (Wildman–Crippen MR) is 98.6 cm³/mol. The maximum absolute atomic E-state index is 12.2. The van der Waals surface area contributed by atoms with Gasteiger partial charge < -0.3 is 15.4 Å². The van der Waals surface area contributed by atoms with Crippen LogP contribution in [0.15, 0.2) is 6.20 Å². The quantitative estimate of drug-likeness (QED) is 0.907. The Morgan fingerprint density at radius 1 is 1.28 bits per heavy atom. The molecule has 2 rings (SSSR count).